The van der Waals surface area contributed by atoms with Crippen LogP contribution in [0, 0.1) is 0 Å². The molecule has 1 aliphatic rings. The minimum atomic E-state index is 0.140. The minimum absolute atomic E-state index is 0.140. The Bertz CT molecular complexity index is 595. The number of hydrogen-bond donors (Lipinski definition) is 0. The lowest BCUT2D eigenvalue weighted by molar-refractivity contribution is 0.0790. The first-order chi connectivity index (χ1) is 9.13. The van der Waals surface area contributed by atoms with Gasteiger partial charge in [-0.3, -0.25) is 4.79 Å². The summed E-state index contributed by atoms with van der Waals surface area (Å²) in [6.07, 6.45) is 3.53. The SMILES string of the molecule is CN(Cc1csc(Br)c1)C(=O)c1cc2c(s1)CCC2. The summed E-state index contributed by atoms with van der Waals surface area (Å²) in [5.74, 6) is 0.140. The van der Waals surface area contributed by atoms with E-state index in [9.17, 15) is 4.79 Å². The van der Waals surface area contributed by atoms with E-state index in [1.165, 1.54) is 22.4 Å². The van der Waals surface area contributed by atoms with Gasteiger partial charge in [0.25, 0.3) is 5.91 Å². The number of amides is 1. The van der Waals surface area contributed by atoms with Crippen LogP contribution in [-0.4, -0.2) is 17.9 Å². The third-order valence-corrected chi connectivity index (χ3v) is 6.12. The lowest BCUT2D eigenvalue weighted by Gasteiger charge is -2.15. The summed E-state index contributed by atoms with van der Waals surface area (Å²) in [6.45, 7) is 0.670. The topological polar surface area (TPSA) is 20.3 Å². The number of halogens is 1. The van der Waals surface area contributed by atoms with Crippen molar-refractivity contribution in [1.29, 1.82) is 0 Å². The molecule has 2 aromatic heterocycles. The van der Waals surface area contributed by atoms with Crippen LogP contribution in [0.2, 0.25) is 0 Å². The van der Waals surface area contributed by atoms with Gasteiger partial charge < -0.3 is 4.90 Å². The molecular formula is C14H14BrNOS2. The number of carbonyl (C=O) groups is 1. The molecule has 100 valence electrons. The Morgan fingerprint density at radius 1 is 1.42 bits per heavy atom. The van der Waals surface area contributed by atoms with Gasteiger partial charge in [0.2, 0.25) is 0 Å². The van der Waals surface area contributed by atoms with Gasteiger partial charge in [-0.05, 0) is 63.8 Å². The van der Waals surface area contributed by atoms with Gasteiger partial charge in [-0.15, -0.1) is 22.7 Å². The molecule has 0 unspecified atom stereocenters. The quantitative estimate of drug-likeness (QED) is 0.802. The predicted octanol–water partition coefficient (Wildman–Crippen LogP) is 4.33. The number of nitrogens with zero attached hydrogens (tertiary/aromatic N) is 1. The number of aryl methyl sites for hydroxylation is 2. The summed E-state index contributed by atoms with van der Waals surface area (Å²) in [7, 11) is 1.87. The second-order valence-electron chi connectivity index (χ2n) is 4.83. The number of thiophene rings is 2. The molecule has 0 bridgehead atoms. The molecule has 5 heteroatoms. The van der Waals surface area contributed by atoms with E-state index >= 15 is 0 Å². The third-order valence-electron chi connectivity index (χ3n) is 3.35. The highest BCUT2D eigenvalue weighted by atomic mass is 79.9. The molecule has 0 spiro atoms. The molecule has 0 fully saturated rings. The van der Waals surface area contributed by atoms with Crippen molar-refractivity contribution in [2.75, 3.05) is 7.05 Å². The molecule has 0 saturated heterocycles. The lowest BCUT2D eigenvalue weighted by atomic mass is 10.2. The van der Waals surface area contributed by atoms with Crippen molar-refractivity contribution >= 4 is 44.5 Å². The van der Waals surface area contributed by atoms with Crippen LogP contribution in [0.4, 0.5) is 0 Å². The van der Waals surface area contributed by atoms with E-state index in [4.69, 9.17) is 0 Å². The molecule has 0 aliphatic heterocycles. The fraction of sp³-hybridized carbons (Fsp3) is 0.357. The van der Waals surface area contributed by atoms with Crippen LogP contribution >= 0.6 is 38.6 Å². The van der Waals surface area contributed by atoms with E-state index in [0.29, 0.717) is 6.54 Å². The maximum atomic E-state index is 12.4. The Morgan fingerprint density at radius 3 is 2.95 bits per heavy atom. The molecule has 2 heterocycles. The zero-order chi connectivity index (χ0) is 13.4. The highest BCUT2D eigenvalue weighted by Gasteiger charge is 2.20. The van der Waals surface area contributed by atoms with Crippen molar-refractivity contribution in [2.45, 2.75) is 25.8 Å². The second-order valence-corrected chi connectivity index (χ2v) is 8.26. The maximum Gasteiger partial charge on any atom is 0.263 e. The molecule has 2 nitrogen and oxygen atoms in total. The fourth-order valence-electron chi connectivity index (χ4n) is 2.40. The normalized spacial score (nSPS) is 13.6. The molecule has 2 aromatic rings. The van der Waals surface area contributed by atoms with Crippen molar-refractivity contribution in [1.82, 2.24) is 4.90 Å². The third kappa shape index (κ3) is 2.78. The van der Waals surface area contributed by atoms with E-state index in [1.807, 2.05) is 7.05 Å². The molecule has 0 atom stereocenters. The van der Waals surface area contributed by atoms with Gasteiger partial charge in [-0.25, -0.2) is 0 Å². The summed E-state index contributed by atoms with van der Waals surface area (Å²) in [5, 5.41) is 2.09. The Morgan fingerprint density at radius 2 is 2.26 bits per heavy atom. The number of hydrogen-bond acceptors (Lipinski definition) is 3. The average Bonchev–Trinajstić information content (AvgIpc) is 3.03. The second kappa shape index (κ2) is 5.38. The van der Waals surface area contributed by atoms with Gasteiger partial charge in [0.1, 0.15) is 0 Å². The smallest absolute Gasteiger partial charge is 0.263 e. The Labute approximate surface area is 129 Å². The van der Waals surface area contributed by atoms with E-state index < -0.39 is 0 Å². The summed E-state index contributed by atoms with van der Waals surface area (Å²) >= 11 is 6.78. The molecule has 19 heavy (non-hydrogen) atoms. The summed E-state index contributed by atoms with van der Waals surface area (Å²) < 4.78 is 1.11. The first-order valence-corrected chi connectivity index (χ1v) is 8.72. The minimum Gasteiger partial charge on any atom is -0.337 e. The maximum absolute atomic E-state index is 12.4. The van der Waals surface area contributed by atoms with Gasteiger partial charge in [0.15, 0.2) is 0 Å². The molecule has 1 amide bonds. The molecule has 3 rings (SSSR count). The molecule has 1 aliphatic carbocycles. The fourth-order valence-corrected chi connectivity index (χ4v) is 4.85. The van der Waals surface area contributed by atoms with Gasteiger partial charge in [-0.2, -0.15) is 0 Å². The van der Waals surface area contributed by atoms with Crippen molar-refractivity contribution in [2.24, 2.45) is 0 Å². The van der Waals surface area contributed by atoms with Crippen molar-refractivity contribution in [3.05, 3.63) is 42.2 Å². The van der Waals surface area contributed by atoms with Crippen LogP contribution in [0.5, 0.6) is 0 Å². The largest absolute Gasteiger partial charge is 0.337 e. The number of fused-ring (bicyclic) bond motifs is 1. The molecule has 0 aromatic carbocycles. The average molecular weight is 356 g/mol. The molecule has 0 N–H and O–H groups in total. The van der Waals surface area contributed by atoms with Crippen LogP contribution in [0.15, 0.2) is 21.3 Å². The standard InChI is InChI=1S/C14H14BrNOS2/c1-16(7-9-5-13(15)18-8-9)14(17)12-6-10-3-2-4-11(10)19-12/h5-6,8H,2-4,7H2,1H3. The number of carbonyl (C=O) groups excluding carboxylic acids is 1. The number of rotatable bonds is 3. The van der Waals surface area contributed by atoms with E-state index in [0.717, 1.165) is 21.5 Å². The first-order valence-electron chi connectivity index (χ1n) is 6.23. The molecule has 0 radical (unpaired) electrons. The Balaban J connectivity index is 1.72. The predicted molar refractivity (Wildman–Crippen MR) is 84.2 cm³/mol. The van der Waals surface area contributed by atoms with E-state index in [1.54, 1.807) is 27.6 Å². The van der Waals surface area contributed by atoms with Gasteiger partial charge in [0.05, 0.1) is 8.66 Å². The summed E-state index contributed by atoms with van der Waals surface area (Å²) in [4.78, 5) is 16.5. The molecule has 0 saturated carbocycles. The van der Waals surface area contributed by atoms with E-state index in [2.05, 4.69) is 33.4 Å². The highest BCUT2D eigenvalue weighted by Crippen LogP contribution is 2.31. The molecular weight excluding hydrogens is 342 g/mol. The van der Waals surface area contributed by atoms with Crippen molar-refractivity contribution in [3.63, 3.8) is 0 Å². The Hall–Kier alpha value is -0.650. The van der Waals surface area contributed by atoms with Crippen LogP contribution in [-0.2, 0) is 19.4 Å². The summed E-state index contributed by atoms with van der Waals surface area (Å²) in [5.41, 5.74) is 2.57. The van der Waals surface area contributed by atoms with Crippen LogP contribution in [0.1, 0.15) is 32.1 Å². The first kappa shape index (κ1) is 13.3. The zero-order valence-corrected chi connectivity index (χ0v) is 13.8. The van der Waals surface area contributed by atoms with Crippen molar-refractivity contribution in [3.8, 4) is 0 Å². The van der Waals surface area contributed by atoms with Gasteiger partial charge in [-0.1, -0.05) is 0 Å². The monoisotopic (exact) mass is 355 g/mol. The highest BCUT2D eigenvalue weighted by molar-refractivity contribution is 9.11. The van der Waals surface area contributed by atoms with Crippen LogP contribution in [0.3, 0.4) is 0 Å². The van der Waals surface area contributed by atoms with E-state index in [-0.39, 0.29) is 5.91 Å². The Kier molecular flexibility index (Phi) is 3.78. The van der Waals surface area contributed by atoms with Crippen LogP contribution < -0.4 is 0 Å². The van der Waals surface area contributed by atoms with Crippen molar-refractivity contribution < 1.29 is 4.79 Å². The zero-order valence-electron chi connectivity index (χ0n) is 10.6. The van der Waals surface area contributed by atoms with Crippen LogP contribution in [0.25, 0.3) is 0 Å². The lowest BCUT2D eigenvalue weighted by Crippen LogP contribution is -2.25. The van der Waals surface area contributed by atoms with Gasteiger partial charge >= 0.3 is 0 Å². The van der Waals surface area contributed by atoms with Gasteiger partial charge in [0, 0.05) is 18.5 Å². The summed E-state index contributed by atoms with van der Waals surface area (Å²) in [6, 6.07) is 4.16.